The van der Waals surface area contributed by atoms with Gasteiger partial charge in [-0.25, -0.2) is 4.79 Å². The molecule has 2 heterocycles. The highest BCUT2D eigenvalue weighted by atomic mass is 35.5. The van der Waals surface area contributed by atoms with Crippen LogP contribution in [0, 0.1) is 0 Å². The summed E-state index contributed by atoms with van der Waals surface area (Å²) in [5.41, 5.74) is 2.03. The number of benzene rings is 1. The summed E-state index contributed by atoms with van der Waals surface area (Å²) in [6, 6.07) is 6.20. The predicted molar refractivity (Wildman–Crippen MR) is 106 cm³/mol. The van der Waals surface area contributed by atoms with E-state index in [-0.39, 0.29) is 6.09 Å². The second kappa shape index (κ2) is 8.05. The largest absolute Gasteiger partial charge is 0.444 e. The number of hydrogen-bond donors (Lipinski definition) is 0. The summed E-state index contributed by atoms with van der Waals surface area (Å²) in [6.45, 7) is 11.9. The van der Waals surface area contributed by atoms with Gasteiger partial charge in [0.25, 0.3) is 0 Å². The third-order valence-electron chi connectivity index (χ3n) is 4.91. The van der Waals surface area contributed by atoms with E-state index in [4.69, 9.17) is 16.3 Å². The third kappa shape index (κ3) is 4.83. The molecule has 0 bridgehead atoms. The molecule has 0 spiro atoms. The van der Waals surface area contributed by atoms with Gasteiger partial charge in [-0.1, -0.05) is 23.7 Å². The third-order valence-corrected chi connectivity index (χ3v) is 5.22. The fourth-order valence-electron chi connectivity index (χ4n) is 3.64. The van der Waals surface area contributed by atoms with E-state index in [0.29, 0.717) is 13.1 Å². The van der Waals surface area contributed by atoms with Crippen molar-refractivity contribution >= 4 is 23.4 Å². The molecule has 2 aliphatic rings. The highest BCUT2D eigenvalue weighted by Gasteiger charge is 2.27. The van der Waals surface area contributed by atoms with Crippen molar-refractivity contribution in [2.24, 2.45) is 0 Å². The van der Waals surface area contributed by atoms with Gasteiger partial charge in [0.2, 0.25) is 0 Å². The van der Waals surface area contributed by atoms with Gasteiger partial charge < -0.3 is 14.5 Å². The Kier molecular flexibility index (Phi) is 5.98. The first-order valence-corrected chi connectivity index (χ1v) is 9.94. The molecule has 0 radical (unpaired) electrons. The number of piperazine rings is 1. The van der Waals surface area contributed by atoms with E-state index in [1.54, 1.807) is 4.90 Å². The lowest BCUT2D eigenvalue weighted by molar-refractivity contribution is 0.0139. The van der Waals surface area contributed by atoms with Crippen LogP contribution in [0.3, 0.4) is 0 Å². The molecule has 26 heavy (non-hydrogen) atoms. The first-order valence-electron chi connectivity index (χ1n) is 9.56. The van der Waals surface area contributed by atoms with Gasteiger partial charge in [0.1, 0.15) is 5.60 Å². The number of nitrogens with zero attached hydrogens (tertiary/aromatic N) is 3. The van der Waals surface area contributed by atoms with Crippen molar-refractivity contribution in [1.82, 2.24) is 9.80 Å². The van der Waals surface area contributed by atoms with Crippen molar-refractivity contribution in [2.75, 3.05) is 44.2 Å². The van der Waals surface area contributed by atoms with E-state index in [2.05, 4.69) is 15.9 Å². The molecule has 1 aromatic carbocycles. The number of hydrogen-bond acceptors (Lipinski definition) is 4. The van der Waals surface area contributed by atoms with Crippen LogP contribution in [-0.2, 0) is 11.3 Å². The van der Waals surface area contributed by atoms with Crippen LogP contribution in [0.15, 0.2) is 18.2 Å². The van der Waals surface area contributed by atoms with Gasteiger partial charge in [-0.2, -0.15) is 0 Å². The average molecular weight is 380 g/mol. The Labute approximate surface area is 161 Å². The first-order chi connectivity index (χ1) is 12.3. The molecule has 3 rings (SSSR count). The van der Waals surface area contributed by atoms with Crippen molar-refractivity contribution in [2.45, 2.75) is 45.8 Å². The van der Waals surface area contributed by atoms with Gasteiger partial charge in [0.05, 0.1) is 10.7 Å². The molecule has 2 saturated heterocycles. The second-order valence-corrected chi connectivity index (χ2v) is 8.59. The summed E-state index contributed by atoms with van der Waals surface area (Å²) in [6.07, 6.45) is 2.26. The van der Waals surface area contributed by atoms with Gasteiger partial charge in [-0.05, 0) is 45.2 Å². The Morgan fingerprint density at radius 2 is 1.73 bits per heavy atom. The minimum absolute atomic E-state index is 0.210. The molecule has 6 heteroatoms. The molecule has 0 unspecified atom stereocenters. The lowest BCUT2D eigenvalue weighted by Crippen LogP contribution is -2.49. The van der Waals surface area contributed by atoms with E-state index < -0.39 is 5.60 Å². The number of carbonyl (C=O) groups is 1. The van der Waals surface area contributed by atoms with E-state index in [1.165, 1.54) is 24.1 Å². The molecule has 1 aromatic rings. The summed E-state index contributed by atoms with van der Waals surface area (Å²) in [5, 5.41) is 0.844. The number of halogens is 1. The van der Waals surface area contributed by atoms with Gasteiger partial charge in [0.15, 0.2) is 0 Å². The Balaban J connectivity index is 1.60. The number of ether oxygens (including phenoxy) is 1. The van der Waals surface area contributed by atoms with Crippen LogP contribution in [-0.4, -0.2) is 60.8 Å². The molecule has 0 atom stereocenters. The lowest BCUT2D eigenvalue weighted by Gasteiger charge is -2.36. The number of anilines is 1. The molecule has 1 amide bonds. The fourth-order valence-corrected chi connectivity index (χ4v) is 3.95. The number of rotatable bonds is 3. The zero-order chi connectivity index (χ0) is 18.7. The highest BCUT2D eigenvalue weighted by Crippen LogP contribution is 2.33. The van der Waals surface area contributed by atoms with Gasteiger partial charge >= 0.3 is 6.09 Å². The molecule has 5 nitrogen and oxygen atoms in total. The van der Waals surface area contributed by atoms with Crippen LogP contribution < -0.4 is 4.90 Å². The summed E-state index contributed by atoms with van der Waals surface area (Å²) in [5.74, 6) is 0. The number of amides is 1. The van der Waals surface area contributed by atoms with Gasteiger partial charge in [0, 0.05) is 45.8 Å². The first kappa shape index (κ1) is 19.3. The van der Waals surface area contributed by atoms with Crippen molar-refractivity contribution in [3.05, 3.63) is 28.8 Å². The maximum absolute atomic E-state index is 12.2. The van der Waals surface area contributed by atoms with Crippen molar-refractivity contribution < 1.29 is 9.53 Å². The molecular weight excluding hydrogens is 350 g/mol. The highest BCUT2D eigenvalue weighted by molar-refractivity contribution is 6.33. The van der Waals surface area contributed by atoms with E-state index in [9.17, 15) is 4.79 Å². The summed E-state index contributed by atoms with van der Waals surface area (Å²) in [7, 11) is 0. The fraction of sp³-hybridized carbons (Fsp3) is 0.650. The number of para-hydroxylation sites is 1. The van der Waals surface area contributed by atoms with Crippen molar-refractivity contribution in [1.29, 1.82) is 0 Å². The quantitative estimate of drug-likeness (QED) is 0.795. The minimum atomic E-state index is -0.445. The SMILES string of the molecule is CC(C)(C)OC(=O)N1CCN(Cc2cccc(Cl)c2N2CCCC2)CC1. The minimum Gasteiger partial charge on any atom is -0.444 e. The van der Waals surface area contributed by atoms with E-state index >= 15 is 0 Å². The van der Waals surface area contributed by atoms with Gasteiger partial charge in [-0.15, -0.1) is 0 Å². The zero-order valence-electron chi connectivity index (χ0n) is 16.1. The van der Waals surface area contributed by atoms with E-state index in [1.807, 2.05) is 32.9 Å². The van der Waals surface area contributed by atoms with Crippen LogP contribution in [0.2, 0.25) is 5.02 Å². The normalized spacial score (nSPS) is 19.1. The lowest BCUT2D eigenvalue weighted by atomic mass is 10.1. The Morgan fingerprint density at radius 1 is 1.08 bits per heavy atom. The molecule has 144 valence electrons. The van der Waals surface area contributed by atoms with Crippen LogP contribution in [0.4, 0.5) is 10.5 Å². The van der Waals surface area contributed by atoms with Crippen molar-refractivity contribution in [3.8, 4) is 0 Å². The average Bonchev–Trinajstić information content (AvgIpc) is 3.08. The monoisotopic (exact) mass is 379 g/mol. The molecule has 0 aromatic heterocycles. The predicted octanol–water partition coefficient (Wildman–Crippen LogP) is 3.99. The van der Waals surface area contributed by atoms with Crippen molar-refractivity contribution in [3.63, 3.8) is 0 Å². The van der Waals surface area contributed by atoms with Crippen LogP contribution in [0.1, 0.15) is 39.2 Å². The summed E-state index contributed by atoms with van der Waals surface area (Å²) >= 11 is 6.52. The molecule has 0 N–H and O–H groups in total. The second-order valence-electron chi connectivity index (χ2n) is 8.19. The van der Waals surface area contributed by atoms with Crippen LogP contribution in [0.25, 0.3) is 0 Å². The standard InChI is InChI=1S/C20H30ClN3O2/c1-20(2,3)26-19(25)24-13-11-22(12-14-24)15-16-7-6-8-17(21)18(16)23-9-4-5-10-23/h6-8H,4-5,9-15H2,1-3H3. The summed E-state index contributed by atoms with van der Waals surface area (Å²) in [4.78, 5) is 18.8. The number of carbonyl (C=O) groups excluding carboxylic acids is 1. The molecule has 0 saturated carbocycles. The zero-order valence-corrected chi connectivity index (χ0v) is 16.9. The van der Waals surface area contributed by atoms with Crippen LogP contribution in [0.5, 0.6) is 0 Å². The maximum atomic E-state index is 12.2. The Morgan fingerprint density at radius 3 is 2.35 bits per heavy atom. The van der Waals surface area contributed by atoms with Crippen LogP contribution >= 0.6 is 11.6 Å². The smallest absolute Gasteiger partial charge is 0.410 e. The van der Waals surface area contributed by atoms with E-state index in [0.717, 1.165) is 37.7 Å². The topological polar surface area (TPSA) is 36.0 Å². The molecule has 2 aliphatic heterocycles. The maximum Gasteiger partial charge on any atom is 0.410 e. The summed E-state index contributed by atoms with van der Waals surface area (Å²) < 4.78 is 5.48. The molecule has 0 aliphatic carbocycles. The Bertz CT molecular complexity index is 630. The van der Waals surface area contributed by atoms with Gasteiger partial charge in [-0.3, -0.25) is 4.90 Å². The molecular formula is C20H30ClN3O2. The Hall–Kier alpha value is -1.46. The molecule has 2 fully saturated rings.